The Balaban J connectivity index is 2.24. The van der Waals surface area contributed by atoms with Gasteiger partial charge in [-0.15, -0.1) is 11.3 Å². The van der Waals surface area contributed by atoms with E-state index in [0.29, 0.717) is 11.3 Å². The van der Waals surface area contributed by atoms with Crippen molar-refractivity contribution in [1.82, 2.24) is 15.4 Å². The third-order valence-corrected chi connectivity index (χ3v) is 4.03. The van der Waals surface area contributed by atoms with Crippen LogP contribution in [0.4, 0.5) is 5.69 Å². The Bertz CT molecular complexity index is 679. The average Bonchev–Trinajstić information content (AvgIpc) is 2.96. The van der Waals surface area contributed by atoms with E-state index < -0.39 is 0 Å². The second kappa shape index (κ2) is 3.59. The fourth-order valence-corrected chi connectivity index (χ4v) is 2.89. The van der Waals surface area contributed by atoms with Crippen molar-refractivity contribution in [3.63, 3.8) is 0 Å². The molecular formula is C11H12N4OS. The molecule has 0 unspecified atom stereocenters. The van der Waals surface area contributed by atoms with Crippen molar-refractivity contribution in [1.29, 1.82) is 0 Å². The van der Waals surface area contributed by atoms with Crippen molar-refractivity contribution >= 4 is 27.3 Å². The van der Waals surface area contributed by atoms with Gasteiger partial charge in [0.1, 0.15) is 10.4 Å². The monoisotopic (exact) mass is 248 g/mol. The molecule has 0 saturated heterocycles. The van der Waals surface area contributed by atoms with Gasteiger partial charge in [-0.1, -0.05) is 12.1 Å². The van der Waals surface area contributed by atoms with Gasteiger partial charge in [-0.25, -0.2) is 0 Å². The molecule has 0 amide bonds. The number of aromatic amines is 1. The highest BCUT2D eigenvalue weighted by Crippen LogP contribution is 2.39. The number of hydrogen-bond donors (Lipinski definition) is 2. The van der Waals surface area contributed by atoms with Crippen molar-refractivity contribution in [2.75, 3.05) is 5.73 Å². The van der Waals surface area contributed by atoms with Crippen LogP contribution in [-0.4, -0.2) is 15.4 Å². The van der Waals surface area contributed by atoms with E-state index in [1.807, 2.05) is 13.0 Å². The van der Waals surface area contributed by atoms with Crippen LogP contribution in [0.5, 0.6) is 0 Å². The summed E-state index contributed by atoms with van der Waals surface area (Å²) < 4.78 is 6.29. The Morgan fingerprint density at radius 3 is 3.00 bits per heavy atom. The fraction of sp³-hybridized carbons (Fsp3) is 0.273. The lowest BCUT2D eigenvalue weighted by Crippen LogP contribution is -1.85. The van der Waals surface area contributed by atoms with E-state index in [9.17, 15) is 0 Å². The summed E-state index contributed by atoms with van der Waals surface area (Å²) in [6, 6.07) is 1.94. The van der Waals surface area contributed by atoms with Gasteiger partial charge >= 0.3 is 0 Å². The molecule has 88 valence electrons. The Kier molecular flexibility index (Phi) is 2.19. The zero-order chi connectivity index (χ0) is 12.0. The van der Waals surface area contributed by atoms with E-state index in [1.165, 1.54) is 0 Å². The highest BCUT2D eigenvalue weighted by atomic mass is 32.1. The number of nitrogens with zero attached hydrogens (tertiary/aromatic N) is 2. The van der Waals surface area contributed by atoms with E-state index in [2.05, 4.69) is 22.3 Å². The van der Waals surface area contributed by atoms with E-state index in [1.54, 1.807) is 11.3 Å². The van der Waals surface area contributed by atoms with E-state index >= 15 is 0 Å². The number of nitrogens with one attached hydrogen (secondary N) is 1. The topological polar surface area (TPSA) is 80.7 Å². The molecule has 3 aromatic rings. The normalized spacial score (nSPS) is 11.4. The van der Waals surface area contributed by atoms with Crippen molar-refractivity contribution in [3.8, 4) is 11.4 Å². The predicted octanol–water partition coefficient (Wildman–Crippen LogP) is 2.73. The van der Waals surface area contributed by atoms with Gasteiger partial charge in [0.25, 0.3) is 0 Å². The molecule has 5 nitrogen and oxygen atoms in total. The van der Waals surface area contributed by atoms with Gasteiger partial charge in [0.2, 0.25) is 5.58 Å². The number of aromatic nitrogens is 3. The van der Waals surface area contributed by atoms with Crippen molar-refractivity contribution in [2.45, 2.75) is 20.3 Å². The molecule has 0 bridgehead atoms. The molecule has 0 spiro atoms. The van der Waals surface area contributed by atoms with Crippen LogP contribution in [0.25, 0.3) is 21.7 Å². The maximum absolute atomic E-state index is 5.99. The first-order chi connectivity index (χ1) is 8.20. The molecule has 3 rings (SSSR count). The molecule has 3 aromatic heterocycles. The van der Waals surface area contributed by atoms with Crippen LogP contribution in [0.1, 0.15) is 17.5 Å². The van der Waals surface area contributed by atoms with Gasteiger partial charge in [0.05, 0.1) is 5.69 Å². The summed E-state index contributed by atoms with van der Waals surface area (Å²) in [6.07, 6.45) is 0.903. The van der Waals surface area contributed by atoms with Gasteiger partial charge < -0.3 is 10.3 Å². The van der Waals surface area contributed by atoms with E-state index in [-0.39, 0.29) is 0 Å². The number of aryl methyl sites for hydroxylation is 2. The number of hydrogen-bond acceptors (Lipinski definition) is 5. The molecule has 0 radical (unpaired) electrons. The molecule has 0 aliphatic heterocycles. The number of nitrogen functional groups attached to an aromatic ring is 1. The van der Waals surface area contributed by atoms with Crippen LogP contribution < -0.4 is 5.73 Å². The number of anilines is 1. The Morgan fingerprint density at radius 2 is 2.35 bits per heavy atom. The Labute approximate surface area is 102 Å². The number of fused-ring (bicyclic) bond motifs is 1. The first-order valence-corrected chi connectivity index (χ1v) is 6.21. The van der Waals surface area contributed by atoms with Crippen LogP contribution in [0.3, 0.4) is 0 Å². The zero-order valence-corrected chi connectivity index (χ0v) is 10.4. The summed E-state index contributed by atoms with van der Waals surface area (Å²) in [5, 5.41) is 11.1. The smallest absolute Gasteiger partial charge is 0.201 e. The van der Waals surface area contributed by atoms with Crippen molar-refractivity contribution in [2.24, 2.45) is 0 Å². The lowest BCUT2D eigenvalue weighted by molar-refractivity contribution is 0.460. The minimum absolute atomic E-state index is 0.683. The van der Waals surface area contributed by atoms with Gasteiger partial charge in [-0.3, -0.25) is 5.10 Å². The third-order valence-electron chi connectivity index (χ3n) is 2.69. The molecule has 0 saturated carbocycles. The van der Waals surface area contributed by atoms with Crippen molar-refractivity contribution < 1.29 is 4.52 Å². The Hall–Kier alpha value is -1.82. The minimum Gasteiger partial charge on any atom is -0.395 e. The molecule has 6 heteroatoms. The summed E-state index contributed by atoms with van der Waals surface area (Å²) in [4.78, 5) is 1.13. The first-order valence-electron chi connectivity index (χ1n) is 5.39. The van der Waals surface area contributed by atoms with Gasteiger partial charge in [-0.2, -0.15) is 5.10 Å². The summed E-state index contributed by atoms with van der Waals surface area (Å²) in [5.74, 6) is 0. The summed E-state index contributed by atoms with van der Waals surface area (Å²) in [5.41, 5.74) is 9.94. The molecule has 3 N–H and O–H groups in total. The minimum atomic E-state index is 0.683. The molecule has 0 aliphatic rings. The van der Waals surface area contributed by atoms with Crippen LogP contribution in [0.2, 0.25) is 0 Å². The van der Waals surface area contributed by atoms with Crippen LogP contribution >= 0.6 is 11.3 Å². The maximum atomic E-state index is 5.99. The number of nitrogens with two attached hydrogens (primary N) is 1. The number of rotatable bonds is 2. The Morgan fingerprint density at radius 1 is 1.53 bits per heavy atom. The summed E-state index contributed by atoms with van der Waals surface area (Å²) in [7, 11) is 0. The average molecular weight is 248 g/mol. The molecular weight excluding hydrogens is 236 g/mol. The predicted molar refractivity (Wildman–Crippen MR) is 68.0 cm³/mol. The second-order valence-electron chi connectivity index (χ2n) is 3.92. The highest BCUT2D eigenvalue weighted by Gasteiger charge is 2.19. The largest absolute Gasteiger partial charge is 0.395 e. The van der Waals surface area contributed by atoms with Crippen LogP contribution in [0.15, 0.2) is 10.6 Å². The number of thiophene rings is 1. The summed E-state index contributed by atoms with van der Waals surface area (Å²) in [6.45, 7) is 4.03. The highest BCUT2D eigenvalue weighted by molar-refractivity contribution is 7.20. The molecule has 0 atom stereocenters. The molecule has 0 fully saturated rings. The molecule has 17 heavy (non-hydrogen) atoms. The standard InChI is InChI=1S/C11H12N4OS/c1-3-7-8(12)10-11(17-7)9(15-16-10)6-4-5(2)13-14-6/h4H,3,12H2,1-2H3,(H,13,14). The van der Waals surface area contributed by atoms with Crippen LogP contribution in [-0.2, 0) is 6.42 Å². The molecule has 0 aliphatic carbocycles. The van der Waals surface area contributed by atoms with Gasteiger partial charge in [0.15, 0.2) is 5.69 Å². The fourth-order valence-electron chi connectivity index (χ4n) is 1.82. The SMILES string of the molecule is CCc1sc2c(-c3cc(C)[nH]n3)noc2c1N. The molecule has 3 heterocycles. The zero-order valence-electron chi connectivity index (χ0n) is 9.57. The first kappa shape index (κ1) is 10.3. The van der Waals surface area contributed by atoms with E-state index in [0.717, 1.165) is 33.1 Å². The molecule has 0 aromatic carbocycles. The number of H-pyrrole nitrogens is 1. The van der Waals surface area contributed by atoms with Crippen LogP contribution in [0, 0.1) is 6.92 Å². The lowest BCUT2D eigenvalue weighted by atomic mass is 10.2. The third kappa shape index (κ3) is 1.44. The lowest BCUT2D eigenvalue weighted by Gasteiger charge is -1.90. The maximum Gasteiger partial charge on any atom is 0.201 e. The van der Waals surface area contributed by atoms with Crippen molar-refractivity contribution in [3.05, 3.63) is 16.6 Å². The summed E-state index contributed by atoms with van der Waals surface area (Å²) >= 11 is 1.63. The quantitative estimate of drug-likeness (QED) is 0.730. The van der Waals surface area contributed by atoms with Gasteiger partial charge in [0, 0.05) is 10.6 Å². The second-order valence-corrected chi connectivity index (χ2v) is 5.02. The van der Waals surface area contributed by atoms with Gasteiger partial charge in [-0.05, 0) is 19.4 Å². The van der Waals surface area contributed by atoms with E-state index in [4.69, 9.17) is 10.3 Å².